The molecule has 1 aliphatic rings. The van der Waals surface area contributed by atoms with Crippen molar-refractivity contribution in [1.82, 2.24) is 0 Å². The quantitative estimate of drug-likeness (QED) is 0.231. The van der Waals surface area contributed by atoms with Crippen LogP contribution in [0.15, 0.2) is 16.6 Å². The van der Waals surface area contributed by atoms with Crippen LogP contribution in [0.25, 0.3) is 5.76 Å². The van der Waals surface area contributed by atoms with Gasteiger partial charge in [-0.3, -0.25) is 9.79 Å². The van der Waals surface area contributed by atoms with E-state index in [1.165, 1.54) is 0 Å². The molecule has 0 spiro atoms. The predicted octanol–water partition coefficient (Wildman–Crippen LogP) is 3.33. The Labute approximate surface area is 117 Å². The number of aliphatic hydroxyl groups is 1. The number of halogens is 4. The summed E-state index contributed by atoms with van der Waals surface area (Å²) in [5, 5.41) is 9.88. The van der Waals surface area contributed by atoms with Crippen LogP contribution >= 0.6 is 0 Å². The Bertz CT molecular complexity index is 663. The number of carbonyl (C=O) groups is 1. The van der Waals surface area contributed by atoms with Crippen molar-refractivity contribution >= 4 is 17.8 Å². The first-order valence-electron chi connectivity index (χ1n) is 6.13. The molecule has 0 amide bonds. The Morgan fingerprint density at radius 3 is 2.38 bits per heavy atom. The van der Waals surface area contributed by atoms with E-state index in [2.05, 4.69) is 4.99 Å². The second kappa shape index (κ2) is 5.67. The van der Waals surface area contributed by atoms with E-state index in [4.69, 9.17) is 0 Å². The van der Waals surface area contributed by atoms with Crippen LogP contribution in [-0.2, 0) is 4.79 Å². The fourth-order valence-corrected chi connectivity index (χ4v) is 1.61. The van der Waals surface area contributed by atoms with E-state index < -0.39 is 45.9 Å². The maximum absolute atomic E-state index is 13.6. The van der Waals surface area contributed by atoms with Gasteiger partial charge in [-0.2, -0.15) is 0 Å². The Morgan fingerprint density at radius 2 is 1.86 bits per heavy atom. The molecule has 1 aliphatic carbocycles. The Kier molecular flexibility index (Phi) is 4.11. The summed E-state index contributed by atoms with van der Waals surface area (Å²) in [6.07, 6.45) is 2.70. The van der Waals surface area contributed by atoms with Gasteiger partial charge in [-0.15, -0.1) is 0 Å². The van der Waals surface area contributed by atoms with Gasteiger partial charge in [0.2, 0.25) is 0 Å². The first-order valence-corrected chi connectivity index (χ1v) is 6.13. The lowest BCUT2D eigenvalue weighted by molar-refractivity contribution is -0.113. The van der Waals surface area contributed by atoms with Crippen LogP contribution in [0, 0.1) is 23.3 Å². The number of hydrogen-bond donors (Lipinski definition) is 1. The zero-order valence-electron chi connectivity index (χ0n) is 11.0. The fraction of sp³-hybridized carbons (Fsp3) is 0.286. The largest absolute Gasteiger partial charge is 0.506 e. The third kappa shape index (κ3) is 3.12. The summed E-state index contributed by atoms with van der Waals surface area (Å²) in [5.74, 6) is -9.13. The number of aliphatic imine (C=N–C) groups is 1. The van der Waals surface area contributed by atoms with Crippen molar-refractivity contribution < 1.29 is 27.5 Å². The summed E-state index contributed by atoms with van der Waals surface area (Å²) < 4.78 is 52.8. The van der Waals surface area contributed by atoms with Crippen molar-refractivity contribution in [2.24, 2.45) is 4.99 Å². The summed E-state index contributed by atoms with van der Waals surface area (Å²) in [6, 6.07) is 0.315. The number of carbonyl (C=O) groups excluding carboxylic acids is 1. The number of aliphatic hydroxyl groups excluding tert-OH is 1. The Hall–Kier alpha value is -2.18. The fourth-order valence-electron chi connectivity index (χ4n) is 1.61. The number of nitrogens with zero attached hydrogens (tertiary/aromatic N) is 1. The monoisotopic (exact) mass is 301 g/mol. The first kappa shape index (κ1) is 15.2. The molecule has 0 atom stereocenters. The molecule has 1 aromatic carbocycles. The standard InChI is InChI=1S/C14H11F4NO2/c1-6(20)9(5-19-7-2-3-7)14(21)8-4-10(15)12(17)13(18)11(8)16/h4-5,7,21H,2-3H2,1H3. The molecule has 1 N–H and O–H groups in total. The lowest BCUT2D eigenvalue weighted by Gasteiger charge is -2.07. The summed E-state index contributed by atoms with van der Waals surface area (Å²) in [6.45, 7) is 1.08. The van der Waals surface area contributed by atoms with Crippen LogP contribution in [-0.4, -0.2) is 23.1 Å². The molecule has 1 aromatic rings. The van der Waals surface area contributed by atoms with Crippen LogP contribution < -0.4 is 0 Å². The third-order valence-corrected chi connectivity index (χ3v) is 2.95. The Balaban J connectivity index is 2.55. The lowest BCUT2D eigenvalue weighted by atomic mass is 10.1. The highest BCUT2D eigenvalue weighted by Crippen LogP contribution is 2.26. The van der Waals surface area contributed by atoms with Crippen molar-refractivity contribution in [2.75, 3.05) is 0 Å². The van der Waals surface area contributed by atoms with E-state index in [9.17, 15) is 27.5 Å². The van der Waals surface area contributed by atoms with Crippen LogP contribution in [0.2, 0.25) is 0 Å². The maximum Gasteiger partial charge on any atom is 0.198 e. The minimum absolute atomic E-state index is 0.0266. The van der Waals surface area contributed by atoms with Gasteiger partial charge in [0.25, 0.3) is 0 Å². The molecule has 1 fully saturated rings. The molecule has 21 heavy (non-hydrogen) atoms. The van der Waals surface area contributed by atoms with Gasteiger partial charge in [-0.25, -0.2) is 17.6 Å². The van der Waals surface area contributed by atoms with Crippen LogP contribution in [0.4, 0.5) is 17.6 Å². The molecule has 0 aromatic heterocycles. The van der Waals surface area contributed by atoms with Gasteiger partial charge in [0, 0.05) is 6.21 Å². The molecular formula is C14H11F4NO2. The second-order valence-corrected chi connectivity index (χ2v) is 4.68. The van der Waals surface area contributed by atoms with E-state index in [1.807, 2.05) is 0 Å². The van der Waals surface area contributed by atoms with E-state index in [1.54, 1.807) is 0 Å². The molecule has 0 bridgehead atoms. The number of allylic oxidation sites excluding steroid dienone is 1. The topological polar surface area (TPSA) is 49.7 Å². The van der Waals surface area contributed by atoms with E-state index in [0.717, 1.165) is 26.0 Å². The highest BCUT2D eigenvalue weighted by atomic mass is 19.2. The molecule has 112 valence electrons. The number of rotatable bonds is 4. The average Bonchev–Trinajstić information content (AvgIpc) is 3.24. The number of Topliss-reactive ketones (excluding diaryl/α,β-unsaturated/α-hetero) is 1. The van der Waals surface area contributed by atoms with Gasteiger partial charge in [-0.1, -0.05) is 0 Å². The van der Waals surface area contributed by atoms with Gasteiger partial charge >= 0.3 is 0 Å². The number of ketones is 1. The summed E-state index contributed by atoms with van der Waals surface area (Å²) in [5.41, 5.74) is -1.33. The molecule has 0 saturated heterocycles. The molecule has 3 nitrogen and oxygen atoms in total. The van der Waals surface area contributed by atoms with Gasteiger partial charge in [-0.05, 0) is 25.8 Å². The van der Waals surface area contributed by atoms with E-state index in [0.29, 0.717) is 0 Å². The lowest BCUT2D eigenvalue weighted by Crippen LogP contribution is -2.07. The molecule has 0 heterocycles. The Morgan fingerprint density at radius 1 is 1.24 bits per heavy atom. The smallest absolute Gasteiger partial charge is 0.198 e. The van der Waals surface area contributed by atoms with Crippen molar-refractivity contribution in [3.05, 3.63) is 40.5 Å². The SMILES string of the molecule is CC(=O)C(C=NC1CC1)=C(O)c1cc(F)c(F)c(F)c1F. The van der Waals surface area contributed by atoms with Crippen LogP contribution in [0.3, 0.4) is 0 Å². The zero-order chi connectivity index (χ0) is 15.7. The first-order chi connectivity index (χ1) is 9.82. The number of benzene rings is 1. The average molecular weight is 301 g/mol. The maximum atomic E-state index is 13.6. The van der Waals surface area contributed by atoms with Crippen molar-refractivity contribution in [1.29, 1.82) is 0 Å². The molecule has 0 radical (unpaired) electrons. The predicted molar refractivity (Wildman–Crippen MR) is 68.0 cm³/mol. The zero-order valence-corrected chi connectivity index (χ0v) is 11.0. The highest BCUT2D eigenvalue weighted by Gasteiger charge is 2.24. The summed E-state index contributed by atoms with van der Waals surface area (Å²) >= 11 is 0. The van der Waals surface area contributed by atoms with Gasteiger partial charge in [0.05, 0.1) is 17.2 Å². The summed E-state index contributed by atoms with van der Waals surface area (Å²) in [4.78, 5) is 15.4. The number of hydrogen-bond acceptors (Lipinski definition) is 3. The third-order valence-electron chi connectivity index (χ3n) is 2.95. The highest BCUT2D eigenvalue weighted by molar-refractivity contribution is 6.17. The minimum atomic E-state index is -2.06. The van der Waals surface area contributed by atoms with Crippen molar-refractivity contribution in [3.8, 4) is 0 Å². The molecule has 7 heteroatoms. The van der Waals surface area contributed by atoms with Gasteiger partial charge in [0.1, 0.15) is 5.76 Å². The van der Waals surface area contributed by atoms with E-state index >= 15 is 0 Å². The second-order valence-electron chi connectivity index (χ2n) is 4.68. The molecular weight excluding hydrogens is 290 g/mol. The van der Waals surface area contributed by atoms with Crippen LogP contribution in [0.1, 0.15) is 25.3 Å². The molecule has 2 rings (SSSR count). The summed E-state index contributed by atoms with van der Waals surface area (Å²) in [7, 11) is 0. The minimum Gasteiger partial charge on any atom is -0.506 e. The van der Waals surface area contributed by atoms with E-state index in [-0.39, 0.29) is 12.1 Å². The molecule has 1 saturated carbocycles. The van der Waals surface area contributed by atoms with Crippen molar-refractivity contribution in [2.45, 2.75) is 25.8 Å². The molecule has 0 aliphatic heterocycles. The van der Waals surface area contributed by atoms with Crippen LogP contribution in [0.5, 0.6) is 0 Å². The van der Waals surface area contributed by atoms with Gasteiger partial charge < -0.3 is 5.11 Å². The van der Waals surface area contributed by atoms with Crippen molar-refractivity contribution in [3.63, 3.8) is 0 Å². The van der Waals surface area contributed by atoms with Gasteiger partial charge in [0.15, 0.2) is 29.1 Å². The normalized spacial score (nSPS) is 16.2. The molecule has 0 unspecified atom stereocenters.